The van der Waals surface area contributed by atoms with E-state index in [2.05, 4.69) is 34.4 Å². The van der Waals surface area contributed by atoms with Crippen LogP contribution in [0.3, 0.4) is 0 Å². The third-order valence-corrected chi connectivity index (χ3v) is 2.99. The van der Waals surface area contributed by atoms with Gasteiger partial charge in [-0.05, 0) is 39.2 Å². The number of pyridine rings is 1. The van der Waals surface area contributed by atoms with Crippen LogP contribution in [0.2, 0.25) is 0 Å². The molecule has 102 valence electrons. The van der Waals surface area contributed by atoms with Gasteiger partial charge < -0.3 is 9.73 Å². The van der Waals surface area contributed by atoms with E-state index < -0.39 is 0 Å². The molecule has 0 amide bonds. The van der Waals surface area contributed by atoms with Gasteiger partial charge in [-0.3, -0.25) is 9.88 Å². The van der Waals surface area contributed by atoms with E-state index in [-0.39, 0.29) is 0 Å². The van der Waals surface area contributed by atoms with Gasteiger partial charge in [-0.15, -0.1) is 0 Å². The molecule has 1 N–H and O–H groups in total. The summed E-state index contributed by atoms with van der Waals surface area (Å²) in [7, 11) is 4.02. The Bertz CT molecular complexity index is 522. The zero-order valence-corrected chi connectivity index (χ0v) is 11.8. The Morgan fingerprint density at radius 3 is 2.84 bits per heavy atom. The number of hydrogen-bond donors (Lipinski definition) is 1. The molecule has 0 aliphatic heterocycles. The maximum absolute atomic E-state index is 5.47. The molecule has 0 unspecified atom stereocenters. The van der Waals surface area contributed by atoms with Crippen molar-refractivity contribution in [1.82, 2.24) is 15.2 Å². The molecule has 0 fully saturated rings. The molecular weight excluding hydrogens is 238 g/mol. The Morgan fingerprint density at radius 2 is 2.11 bits per heavy atom. The lowest BCUT2D eigenvalue weighted by atomic mass is 10.2. The normalized spacial score (nSPS) is 11.2. The van der Waals surface area contributed by atoms with Gasteiger partial charge in [0.1, 0.15) is 5.76 Å². The molecule has 0 radical (unpaired) electrons. The van der Waals surface area contributed by atoms with Crippen molar-refractivity contribution in [3.63, 3.8) is 0 Å². The molecule has 2 aromatic rings. The molecule has 2 aromatic heterocycles. The number of furan rings is 1. The average molecular weight is 259 g/mol. The second kappa shape index (κ2) is 6.50. The van der Waals surface area contributed by atoms with Crippen LogP contribution in [-0.4, -0.2) is 24.0 Å². The smallest absolute Gasteiger partial charge is 0.122 e. The fourth-order valence-electron chi connectivity index (χ4n) is 2.13. The lowest BCUT2D eigenvalue weighted by molar-refractivity contribution is 0.311. The summed E-state index contributed by atoms with van der Waals surface area (Å²) >= 11 is 0. The second-order valence-corrected chi connectivity index (χ2v) is 4.84. The van der Waals surface area contributed by atoms with Crippen LogP contribution in [0.15, 0.2) is 34.9 Å². The lowest BCUT2D eigenvalue weighted by Crippen LogP contribution is -2.19. The van der Waals surface area contributed by atoms with Crippen LogP contribution in [0.5, 0.6) is 0 Å². The summed E-state index contributed by atoms with van der Waals surface area (Å²) in [4.78, 5) is 6.77. The molecule has 0 spiro atoms. The van der Waals surface area contributed by atoms with Crippen molar-refractivity contribution < 1.29 is 4.42 Å². The van der Waals surface area contributed by atoms with Gasteiger partial charge in [-0.1, -0.05) is 6.07 Å². The molecule has 4 heteroatoms. The quantitative estimate of drug-likeness (QED) is 0.864. The van der Waals surface area contributed by atoms with Crippen LogP contribution in [0.4, 0.5) is 0 Å². The van der Waals surface area contributed by atoms with Crippen LogP contribution in [0.1, 0.15) is 22.7 Å². The minimum Gasteiger partial charge on any atom is -0.468 e. The summed E-state index contributed by atoms with van der Waals surface area (Å²) in [5.41, 5.74) is 3.38. The fourth-order valence-corrected chi connectivity index (χ4v) is 2.13. The van der Waals surface area contributed by atoms with Crippen LogP contribution in [0.25, 0.3) is 0 Å². The van der Waals surface area contributed by atoms with E-state index in [1.807, 2.05) is 26.1 Å². The highest BCUT2D eigenvalue weighted by atomic mass is 16.3. The Hall–Kier alpha value is -1.65. The van der Waals surface area contributed by atoms with E-state index in [9.17, 15) is 0 Å². The van der Waals surface area contributed by atoms with Crippen molar-refractivity contribution in [2.75, 3.05) is 14.1 Å². The van der Waals surface area contributed by atoms with Gasteiger partial charge in [0.25, 0.3) is 0 Å². The highest BCUT2D eigenvalue weighted by Gasteiger charge is 2.09. The number of aryl methyl sites for hydroxylation is 1. The molecule has 0 aliphatic carbocycles. The van der Waals surface area contributed by atoms with Crippen LogP contribution in [-0.2, 0) is 19.6 Å². The largest absolute Gasteiger partial charge is 0.468 e. The highest BCUT2D eigenvalue weighted by molar-refractivity contribution is 5.17. The first kappa shape index (κ1) is 13.8. The van der Waals surface area contributed by atoms with Crippen molar-refractivity contribution in [2.24, 2.45) is 0 Å². The van der Waals surface area contributed by atoms with Gasteiger partial charge in [0.15, 0.2) is 0 Å². The van der Waals surface area contributed by atoms with Crippen molar-refractivity contribution in [2.45, 2.75) is 26.6 Å². The van der Waals surface area contributed by atoms with Gasteiger partial charge in [-0.25, -0.2) is 0 Å². The molecule has 19 heavy (non-hydrogen) atoms. The number of aromatic nitrogens is 1. The number of rotatable bonds is 6. The molecule has 0 aliphatic rings. The van der Waals surface area contributed by atoms with Gasteiger partial charge in [-0.2, -0.15) is 0 Å². The van der Waals surface area contributed by atoms with Gasteiger partial charge in [0.2, 0.25) is 0 Å². The van der Waals surface area contributed by atoms with E-state index >= 15 is 0 Å². The maximum Gasteiger partial charge on any atom is 0.122 e. The predicted octanol–water partition coefficient (Wildman–Crippen LogP) is 2.33. The monoisotopic (exact) mass is 259 g/mol. The predicted molar refractivity (Wildman–Crippen MR) is 75.6 cm³/mol. The van der Waals surface area contributed by atoms with Crippen molar-refractivity contribution in [1.29, 1.82) is 0 Å². The second-order valence-electron chi connectivity index (χ2n) is 4.84. The number of hydrogen-bond acceptors (Lipinski definition) is 4. The highest BCUT2D eigenvalue weighted by Crippen LogP contribution is 2.13. The van der Waals surface area contributed by atoms with Gasteiger partial charge in [0, 0.05) is 24.3 Å². The van der Waals surface area contributed by atoms with Crippen LogP contribution >= 0.6 is 0 Å². The molecule has 0 atom stereocenters. The van der Waals surface area contributed by atoms with E-state index in [1.54, 1.807) is 6.26 Å². The molecule has 0 saturated heterocycles. The first-order valence-corrected chi connectivity index (χ1v) is 6.50. The van der Waals surface area contributed by atoms with Crippen LogP contribution in [0, 0.1) is 6.92 Å². The molecule has 0 bridgehead atoms. The summed E-state index contributed by atoms with van der Waals surface area (Å²) in [6.07, 6.45) is 1.75. The minimum atomic E-state index is 0.763. The van der Waals surface area contributed by atoms with Gasteiger partial charge >= 0.3 is 0 Å². The summed E-state index contributed by atoms with van der Waals surface area (Å²) in [5.74, 6) is 1.01. The lowest BCUT2D eigenvalue weighted by Gasteiger charge is -2.16. The molecular formula is C15H21N3O. The average Bonchev–Trinajstić information content (AvgIpc) is 2.77. The third kappa shape index (κ3) is 3.91. The first-order chi connectivity index (χ1) is 9.19. The summed E-state index contributed by atoms with van der Waals surface area (Å²) < 4.78 is 5.47. The molecule has 0 aromatic carbocycles. The fraction of sp³-hybridized carbons (Fsp3) is 0.400. The maximum atomic E-state index is 5.47. The van der Waals surface area contributed by atoms with E-state index in [0.29, 0.717) is 0 Å². The Balaban J connectivity index is 1.97. The van der Waals surface area contributed by atoms with E-state index in [1.165, 1.54) is 5.56 Å². The first-order valence-electron chi connectivity index (χ1n) is 6.50. The zero-order valence-electron chi connectivity index (χ0n) is 11.8. The summed E-state index contributed by atoms with van der Waals surface area (Å²) in [6.45, 7) is 4.48. The van der Waals surface area contributed by atoms with E-state index in [4.69, 9.17) is 4.42 Å². The Kier molecular flexibility index (Phi) is 4.71. The zero-order chi connectivity index (χ0) is 13.7. The Labute approximate surface area is 114 Å². The summed E-state index contributed by atoms with van der Waals surface area (Å²) in [6, 6.07) is 8.17. The topological polar surface area (TPSA) is 41.3 Å². The minimum absolute atomic E-state index is 0.763. The standard InChI is InChI=1S/C15H21N3O/c1-12-5-4-6-14(17-12)11-18(3)10-13-7-8-19-15(13)9-16-2/h4-8,16H,9-11H2,1-3H3. The Morgan fingerprint density at radius 1 is 1.26 bits per heavy atom. The summed E-state index contributed by atoms with van der Waals surface area (Å²) in [5, 5.41) is 3.12. The SMILES string of the molecule is CNCc1occc1CN(C)Cc1cccc(C)n1. The molecule has 0 saturated carbocycles. The number of nitrogens with one attached hydrogen (secondary N) is 1. The van der Waals surface area contributed by atoms with Crippen molar-refractivity contribution >= 4 is 0 Å². The third-order valence-electron chi connectivity index (χ3n) is 2.99. The van der Waals surface area contributed by atoms with Crippen LogP contribution < -0.4 is 5.32 Å². The molecule has 2 rings (SSSR count). The molecule has 4 nitrogen and oxygen atoms in total. The number of nitrogens with zero attached hydrogens (tertiary/aromatic N) is 2. The van der Waals surface area contributed by atoms with Crippen molar-refractivity contribution in [3.8, 4) is 0 Å². The molecule has 2 heterocycles. The van der Waals surface area contributed by atoms with Gasteiger partial charge in [0.05, 0.1) is 18.5 Å². The van der Waals surface area contributed by atoms with E-state index in [0.717, 1.165) is 36.8 Å². The van der Waals surface area contributed by atoms with Crippen molar-refractivity contribution in [3.05, 3.63) is 53.2 Å².